The summed E-state index contributed by atoms with van der Waals surface area (Å²) in [6.45, 7) is 1.61. The fourth-order valence-electron chi connectivity index (χ4n) is 1.61. The van der Waals surface area contributed by atoms with Crippen molar-refractivity contribution >= 4 is 17.4 Å². The number of carbonyl (C=O) groups excluding carboxylic acids is 1. The van der Waals surface area contributed by atoms with Crippen LogP contribution in [0, 0.1) is 10.1 Å². The van der Waals surface area contributed by atoms with E-state index < -0.39 is 11.0 Å². The molecule has 1 unspecified atom stereocenters. The second kappa shape index (κ2) is 5.68. The summed E-state index contributed by atoms with van der Waals surface area (Å²) in [6, 6.07) is -0.421. The molecule has 1 aliphatic carbocycles. The molecule has 1 aliphatic rings. The average Bonchev–Trinajstić information content (AvgIpc) is 3.21. The van der Waals surface area contributed by atoms with Gasteiger partial charge >= 0.3 is 5.69 Å². The number of hydrogen-bond donors (Lipinski definition) is 2. The summed E-state index contributed by atoms with van der Waals surface area (Å²) >= 11 is 0. The molecule has 1 amide bonds. The molecule has 1 aromatic heterocycles. The summed E-state index contributed by atoms with van der Waals surface area (Å²) in [5.41, 5.74) is -0.388. The molecule has 2 N–H and O–H groups in total. The van der Waals surface area contributed by atoms with Gasteiger partial charge in [0.1, 0.15) is 12.4 Å². The van der Waals surface area contributed by atoms with Gasteiger partial charge in [-0.15, -0.1) is 0 Å². The van der Waals surface area contributed by atoms with Crippen molar-refractivity contribution in [2.45, 2.75) is 31.8 Å². The molecular weight excluding hydrogens is 266 g/mol. The van der Waals surface area contributed by atoms with Gasteiger partial charge in [-0.05, 0) is 19.8 Å². The van der Waals surface area contributed by atoms with Crippen molar-refractivity contribution in [3.63, 3.8) is 0 Å². The molecule has 0 aliphatic heterocycles. The molecule has 0 saturated heterocycles. The highest BCUT2D eigenvalue weighted by molar-refractivity contribution is 5.85. The molecule has 0 bridgehead atoms. The smallest absolute Gasteiger partial charge is 0.372 e. The number of rotatable bonds is 6. The highest BCUT2D eigenvalue weighted by atomic mass is 16.6. The van der Waals surface area contributed by atoms with Gasteiger partial charge in [-0.1, -0.05) is 0 Å². The highest BCUT2D eigenvalue weighted by Crippen LogP contribution is 2.30. The van der Waals surface area contributed by atoms with Crippen LogP contribution >= 0.6 is 0 Å². The van der Waals surface area contributed by atoms with Crippen LogP contribution in [0.15, 0.2) is 6.33 Å². The largest absolute Gasteiger partial charge is 0.476 e. The Kier molecular flexibility index (Phi) is 3.97. The topological polar surface area (TPSA) is 119 Å². The van der Waals surface area contributed by atoms with Gasteiger partial charge in [-0.25, -0.2) is 4.98 Å². The van der Waals surface area contributed by atoms with Gasteiger partial charge in [-0.3, -0.25) is 14.9 Å². The third kappa shape index (κ3) is 3.11. The molecule has 0 spiro atoms. The lowest BCUT2D eigenvalue weighted by atomic mass is 10.3. The Morgan fingerprint density at radius 3 is 2.80 bits per heavy atom. The Morgan fingerprint density at radius 1 is 1.55 bits per heavy atom. The Balaban J connectivity index is 2.15. The van der Waals surface area contributed by atoms with Crippen LogP contribution in [-0.4, -0.2) is 40.0 Å². The predicted molar refractivity (Wildman–Crippen MR) is 69.5 cm³/mol. The van der Waals surface area contributed by atoms with Crippen LogP contribution in [0.5, 0.6) is 5.88 Å². The zero-order chi connectivity index (χ0) is 14.7. The van der Waals surface area contributed by atoms with Gasteiger partial charge in [0.25, 0.3) is 5.88 Å². The lowest BCUT2D eigenvalue weighted by molar-refractivity contribution is -0.385. The van der Waals surface area contributed by atoms with Crippen molar-refractivity contribution < 1.29 is 14.5 Å². The Labute approximate surface area is 114 Å². The van der Waals surface area contributed by atoms with E-state index >= 15 is 0 Å². The van der Waals surface area contributed by atoms with E-state index in [1.165, 1.54) is 7.11 Å². The van der Waals surface area contributed by atoms with Crippen LogP contribution in [0.1, 0.15) is 19.8 Å². The zero-order valence-corrected chi connectivity index (χ0v) is 11.1. The minimum Gasteiger partial charge on any atom is -0.476 e. The van der Waals surface area contributed by atoms with Gasteiger partial charge in [0.15, 0.2) is 0 Å². The number of ether oxygens (including phenoxy) is 1. The molecule has 1 atom stereocenters. The minimum atomic E-state index is -0.646. The van der Waals surface area contributed by atoms with Crippen LogP contribution in [0.3, 0.4) is 0 Å². The number of carbonyl (C=O) groups is 1. The van der Waals surface area contributed by atoms with Gasteiger partial charge in [0.2, 0.25) is 11.7 Å². The SMILES string of the molecule is COc1ncnc(NC(C)C(=O)NC2CC2)c1[N+](=O)[O-]. The number of amides is 1. The van der Waals surface area contributed by atoms with Crippen molar-refractivity contribution in [1.82, 2.24) is 15.3 Å². The first-order valence-electron chi connectivity index (χ1n) is 6.13. The third-order valence-corrected chi connectivity index (χ3v) is 2.83. The molecule has 20 heavy (non-hydrogen) atoms. The lowest BCUT2D eigenvalue weighted by Gasteiger charge is -2.14. The normalized spacial score (nSPS) is 15.3. The molecule has 1 aromatic rings. The summed E-state index contributed by atoms with van der Waals surface area (Å²) < 4.78 is 4.83. The van der Waals surface area contributed by atoms with Crippen molar-refractivity contribution in [3.8, 4) is 5.88 Å². The van der Waals surface area contributed by atoms with E-state index in [2.05, 4.69) is 20.6 Å². The van der Waals surface area contributed by atoms with Crippen molar-refractivity contribution in [2.75, 3.05) is 12.4 Å². The number of aromatic nitrogens is 2. The van der Waals surface area contributed by atoms with Crippen molar-refractivity contribution in [3.05, 3.63) is 16.4 Å². The number of nitro groups is 1. The van der Waals surface area contributed by atoms with Gasteiger partial charge in [0.05, 0.1) is 12.0 Å². The molecular formula is C11H15N5O4. The molecule has 108 valence electrons. The summed E-state index contributed by atoms with van der Waals surface area (Å²) in [5.74, 6) is -0.415. The maximum Gasteiger partial charge on any atom is 0.372 e. The maximum absolute atomic E-state index is 11.8. The predicted octanol–water partition coefficient (Wildman–Crippen LogP) is 0.472. The first kappa shape index (κ1) is 14.0. The summed E-state index contributed by atoms with van der Waals surface area (Å²) in [4.78, 5) is 29.7. The number of nitrogens with one attached hydrogen (secondary N) is 2. The number of hydrogen-bond acceptors (Lipinski definition) is 7. The van der Waals surface area contributed by atoms with E-state index in [1.54, 1.807) is 6.92 Å². The minimum absolute atomic E-state index is 0.0414. The molecule has 1 fully saturated rings. The quantitative estimate of drug-likeness (QED) is 0.574. The average molecular weight is 281 g/mol. The zero-order valence-electron chi connectivity index (χ0n) is 11.1. The molecule has 1 heterocycles. The summed E-state index contributed by atoms with van der Waals surface area (Å²) in [7, 11) is 1.28. The molecule has 0 aromatic carbocycles. The van der Waals surface area contributed by atoms with Gasteiger partial charge < -0.3 is 15.4 Å². The lowest BCUT2D eigenvalue weighted by Crippen LogP contribution is -2.39. The molecule has 2 rings (SSSR count). The fraction of sp³-hybridized carbons (Fsp3) is 0.545. The second-order valence-corrected chi connectivity index (χ2v) is 4.49. The Bertz CT molecular complexity index is 532. The number of methoxy groups -OCH3 is 1. The third-order valence-electron chi connectivity index (χ3n) is 2.83. The highest BCUT2D eigenvalue weighted by Gasteiger charge is 2.29. The van der Waals surface area contributed by atoms with Gasteiger partial charge in [-0.2, -0.15) is 4.98 Å². The Morgan fingerprint density at radius 2 is 2.25 bits per heavy atom. The van der Waals surface area contributed by atoms with E-state index in [0.29, 0.717) is 0 Å². The first-order valence-corrected chi connectivity index (χ1v) is 6.13. The van der Waals surface area contributed by atoms with E-state index in [-0.39, 0.29) is 29.3 Å². The molecule has 9 heteroatoms. The summed E-state index contributed by atoms with van der Waals surface area (Å²) in [6.07, 6.45) is 3.08. The first-order chi connectivity index (χ1) is 9.52. The second-order valence-electron chi connectivity index (χ2n) is 4.49. The van der Waals surface area contributed by atoms with Gasteiger partial charge in [0, 0.05) is 6.04 Å². The van der Waals surface area contributed by atoms with Crippen LogP contribution in [0.25, 0.3) is 0 Å². The number of anilines is 1. The standard InChI is InChI=1S/C11H15N5O4/c1-6(10(17)15-7-3-4-7)14-9-8(16(18)19)11(20-2)13-5-12-9/h5-7H,3-4H2,1-2H3,(H,15,17)(H,12,13,14). The van der Waals surface area contributed by atoms with E-state index in [9.17, 15) is 14.9 Å². The summed E-state index contributed by atoms with van der Waals surface area (Å²) in [5, 5.41) is 16.6. The molecule has 0 radical (unpaired) electrons. The van der Waals surface area contributed by atoms with E-state index in [4.69, 9.17) is 4.74 Å². The van der Waals surface area contributed by atoms with Crippen LogP contribution in [0.4, 0.5) is 11.5 Å². The number of nitrogens with zero attached hydrogens (tertiary/aromatic N) is 3. The van der Waals surface area contributed by atoms with Crippen molar-refractivity contribution in [1.29, 1.82) is 0 Å². The van der Waals surface area contributed by atoms with Crippen LogP contribution in [0.2, 0.25) is 0 Å². The van der Waals surface area contributed by atoms with Crippen molar-refractivity contribution in [2.24, 2.45) is 0 Å². The van der Waals surface area contributed by atoms with Crippen LogP contribution < -0.4 is 15.4 Å². The van der Waals surface area contributed by atoms with E-state index in [0.717, 1.165) is 19.2 Å². The Hall–Kier alpha value is -2.45. The fourth-order valence-corrected chi connectivity index (χ4v) is 1.61. The maximum atomic E-state index is 11.8. The monoisotopic (exact) mass is 281 g/mol. The van der Waals surface area contributed by atoms with Crippen LogP contribution in [-0.2, 0) is 4.79 Å². The van der Waals surface area contributed by atoms with E-state index in [1.807, 2.05) is 0 Å². The molecule has 1 saturated carbocycles. The molecule has 9 nitrogen and oxygen atoms in total.